The minimum Gasteiger partial charge on any atom is -0.356 e. The molecule has 1 aliphatic rings. The van der Waals surface area contributed by atoms with Crippen LogP contribution in [0.4, 0.5) is 0 Å². The fourth-order valence-corrected chi connectivity index (χ4v) is 3.11. The fourth-order valence-electron chi connectivity index (χ4n) is 3.11. The summed E-state index contributed by atoms with van der Waals surface area (Å²) >= 11 is 0. The number of aromatic nitrogens is 4. The fraction of sp³-hybridized carbons (Fsp3) is 0.333. The first-order valence-corrected chi connectivity index (χ1v) is 8.64. The van der Waals surface area contributed by atoms with Crippen LogP contribution in [0.3, 0.4) is 0 Å². The van der Waals surface area contributed by atoms with Gasteiger partial charge in [0.05, 0.1) is 18.0 Å². The summed E-state index contributed by atoms with van der Waals surface area (Å²) in [6, 6.07) is 5.55. The third-order valence-electron chi connectivity index (χ3n) is 4.68. The maximum Gasteiger partial charge on any atom is 0.253 e. The Kier molecular flexibility index (Phi) is 4.39. The van der Waals surface area contributed by atoms with Gasteiger partial charge in [-0.2, -0.15) is 5.10 Å². The Hall–Kier alpha value is -3.16. The second-order valence-corrected chi connectivity index (χ2v) is 6.60. The Balaban J connectivity index is 1.21. The molecule has 134 valence electrons. The largest absolute Gasteiger partial charge is 0.356 e. The van der Waals surface area contributed by atoms with E-state index in [1.165, 1.54) is 0 Å². The molecule has 0 atom stereocenters. The van der Waals surface area contributed by atoms with E-state index in [0.717, 1.165) is 10.9 Å². The van der Waals surface area contributed by atoms with Crippen LogP contribution < -0.4 is 5.32 Å². The number of nitrogens with one attached hydrogen (secondary N) is 2. The SMILES string of the molecule is O=C(CCn1ccnc1)NCC1CN(C(=O)c2ccc3cn[nH]c3c2)C1. The van der Waals surface area contributed by atoms with E-state index < -0.39 is 0 Å². The number of benzene rings is 1. The zero-order valence-electron chi connectivity index (χ0n) is 14.3. The van der Waals surface area contributed by atoms with E-state index >= 15 is 0 Å². The van der Waals surface area contributed by atoms with Gasteiger partial charge < -0.3 is 14.8 Å². The van der Waals surface area contributed by atoms with Gasteiger partial charge >= 0.3 is 0 Å². The van der Waals surface area contributed by atoms with Crippen LogP contribution in [0.15, 0.2) is 43.1 Å². The molecule has 4 rings (SSSR count). The van der Waals surface area contributed by atoms with Crippen molar-refractivity contribution in [2.45, 2.75) is 13.0 Å². The van der Waals surface area contributed by atoms with Gasteiger partial charge in [0.25, 0.3) is 5.91 Å². The number of carbonyl (C=O) groups excluding carboxylic acids is 2. The van der Waals surface area contributed by atoms with Gasteiger partial charge in [0.1, 0.15) is 0 Å². The molecule has 0 bridgehead atoms. The van der Waals surface area contributed by atoms with Crippen molar-refractivity contribution in [1.82, 2.24) is 30.0 Å². The number of carbonyl (C=O) groups is 2. The highest BCUT2D eigenvalue weighted by molar-refractivity contribution is 5.98. The van der Waals surface area contributed by atoms with Crippen molar-refractivity contribution in [3.05, 3.63) is 48.7 Å². The Bertz CT molecular complexity index is 911. The number of fused-ring (bicyclic) bond motifs is 1. The molecule has 2 aromatic heterocycles. The molecule has 0 radical (unpaired) electrons. The van der Waals surface area contributed by atoms with E-state index in [2.05, 4.69) is 20.5 Å². The van der Waals surface area contributed by atoms with Crippen molar-refractivity contribution >= 4 is 22.7 Å². The van der Waals surface area contributed by atoms with E-state index in [-0.39, 0.29) is 11.8 Å². The number of H-pyrrole nitrogens is 1. The normalized spacial score (nSPS) is 14.4. The van der Waals surface area contributed by atoms with Crippen LogP contribution in [-0.2, 0) is 11.3 Å². The minimum absolute atomic E-state index is 0.0178. The van der Waals surface area contributed by atoms with Crippen molar-refractivity contribution in [3.8, 4) is 0 Å². The average molecular weight is 352 g/mol. The Morgan fingerprint density at radius 2 is 2.19 bits per heavy atom. The molecule has 8 heteroatoms. The molecule has 1 fully saturated rings. The second kappa shape index (κ2) is 6.99. The summed E-state index contributed by atoms with van der Waals surface area (Å²) in [7, 11) is 0. The number of rotatable bonds is 6. The lowest BCUT2D eigenvalue weighted by Gasteiger charge is -2.39. The minimum atomic E-state index is 0.0178. The van der Waals surface area contributed by atoms with Gasteiger partial charge in [0, 0.05) is 61.9 Å². The molecular formula is C18H20N6O2. The number of imidazole rings is 1. The van der Waals surface area contributed by atoms with Crippen LogP contribution >= 0.6 is 0 Å². The maximum absolute atomic E-state index is 12.5. The monoisotopic (exact) mass is 352 g/mol. The highest BCUT2D eigenvalue weighted by atomic mass is 16.2. The smallest absolute Gasteiger partial charge is 0.253 e. The van der Waals surface area contributed by atoms with Crippen molar-refractivity contribution in [2.75, 3.05) is 19.6 Å². The highest BCUT2D eigenvalue weighted by Crippen LogP contribution is 2.20. The summed E-state index contributed by atoms with van der Waals surface area (Å²) in [4.78, 5) is 30.1. The van der Waals surface area contributed by atoms with E-state index in [1.807, 2.05) is 29.0 Å². The van der Waals surface area contributed by atoms with Gasteiger partial charge in [-0.1, -0.05) is 6.07 Å². The van der Waals surface area contributed by atoms with Crippen molar-refractivity contribution in [1.29, 1.82) is 0 Å². The summed E-state index contributed by atoms with van der Waals surface area (Å²) in [5.74, 6) is 0.351. The first-order chi connectivity index (χ1) is 12.7. The first kappa shape index (κ1) is 16.3. The molecule has 0 saturated carbocycles. The molecule has 26 heavy (non-hydrogen) atoms. The van der Waals surface area contributed by atoms with E-state index in [9.17, 15) is 9.59 Å². The van der Waals surface area contributed by atoms with Gasteiger partial charge in [-0.3, -0.25) is 14.7 Å². The van der Waals surface area contributed by atoms with Crippen LogP contribution in [0.1, 0.15) is 16.8 Å². The van der Waals surface area contributed by atoms with Gasteiger partial charge in [0.15, 0.2) is 0 Å². The molecule has 3 aromatic rings. The predicted octanol–water partition coefficient (Wildman–Crippen LogP) is 1.04. The maximum atomic E-state index is 12.5. The van der Waals surface area contributed by atoms with Crippen LogP contribution in [-0.4, -0.2) is 56.1 Å². The molecular weight excluding hydrogens is 332 g/mol. The van der Waals surface area contributed by atoms with Gasteiger partial charge in [-0.05, 0) is 12.1 Å². The Labute approximate surface area is 150 Å². The quantitative estimate of drug-likeness (QED) is 0.693. The molecule has 2 N–H and O–H groups in total. The molecule has 0 spiro atoms. The van der Waals surface area contributed by atoms with Gasteiger partial charge in [0.2, 0.25) is 5.91 Å². The standard InChI is InChI=1S/C18H20N6O2/c25-17(3-5-23-6-4-19-12-23)20-8-13-10-24(11-13)18(26)14-1-2-15-9-21-22-16(15)7-14/h1-2,4,6-7,9,12-13H,3,5,8,10-11H2,(H,20,25)(H,21,22). The number of hydrogen-bond donors (Lipinski definition) is 2. The number of aromatic amines is 1. The third-order valence-corrected chi connectivity index (χ3v) is 4.68. The number of amides is 2. The predicted molar refractivity (Wildman–Crippen MR) is 95.3 cm³/mol. The van der Waals surface area contributed by atoms with E-state index in [0.29, 0.717) is 44.1 Å². The third kappa shape index (κ3) is 3.44. The van der Waals surface area contributed by atoms with Crippen LogP contribution in [0.5, 0.6) is 0 Å². The number of likely N-dealkylation sites (tertiary alicyclic amines) is 1. The van der Waals surface area contributed by atoms with Crippen molar-refractivity contribution in [3.63, 3.8) is 0 Å². The topological polar surface area (TPSA) is 95.9 Å². The van der Waals surface area contributed by atoms with Gasteiger partial charge in [-0.15, -0.1) is 0 Å². The highest BCUT2D eigenvalue weighted by Gasteiger charge is 2.31. The molecule has 0 unspecified atom stereocenters. The summed E-state index contributed by atoms with van der Waals surface area (Å²) < 4.78 is 1.87. The molecule has 1 saturated heterocycles. The zero-order valence-corrected chi connectivity index (χ0v) is 14.3. The van der Waals surface area contributed by atoms with Crippen molar-refractivity contribution < 1.29 is 9.59 Å². The lowest BCUT2D eigenvalue weighted by Crippen LogP contribution is -2.53. The second-order valence-electron chi connectivity index (χ2n) is 6.60. The number of aryl methyl sites for hydroxylation is 1. The zero-order chi connectivity index (χ0) is 17.9. The van der Waals surface area contributed by atoms with Crippen LogP contribution in [0, 0.1) is 5.92 Å². The summed E-state index contributed by atoms with van der Waals surface area (Å²) in [5.41, 5.74) is 1.52. The molecule has 1 aliphatic heterocycles. The van der Waals surface area contributed by atoms with E-state index in [1.54, 1.807) is 23.6 Å². The Morgan fingerprint density at radius 1 is 1.31 bits per heavy atom. The summed E-state index contributed by atoms with van der Waals surface area (Å²) in [6.45, 7) is 2.56. The van der Waals surface area contributed by atoms with Crippen LogP contribution in [0.2, 0.25) is 0 Å². The summed E-state index contributed by atoms with van der Waals surface area (Å²) in [6.07, 6.45) is 7.39. The van der Waals surface area contributed by atoms with Crippen molar-refractivity contribution in [2.24, 2.45) is 5.92 Å². The molecule has 1 aromatic carbocycles. The van der Waals surface area contributed by atoms with Gasteiger partial charge in [-0.25, -0.2) is 4.98 Å². The molecule has 3 heterocycles. The number of nitrogens with zero attached hydrogens (tertiary/aromatic N) is 4. The first-order valence-electron chi connectivity index (χ1n) is 8.64. The molecule has 2 amide bonds. The van der Waals surface area contributed by atoms with Crippen LogP contribution in [0.25, 0.3) is 10.9 Å². The number of hydrogen-bond acceptors (Lipinski definition) is 4. The lowest BCUT2D eigenvalue weighted by molar-refractivity contribution is -0.121. The molecule has 0 aliphatic carbocycles. The molecule has 8 nitrogen and oxygen atoms in total. The average Bonchev–Trinajstić information content (AvgIpc) is 3.29. The lowest BCUT2D eigenvalue weighted by atomic mass is 9.98. The summed E-state index contributed by atoms with van der Waals surface area (Å²) in [5, 5.41) is 10.8. The Morgan fingerprint density at radius 3 is 3.00 bits per heavy atom. The van der Waals surface area contributed by atoms with E-state index in [4.69, 9.17) is 0 Å².